The second-order valence-corrected chi connectivity index (χ2v) is 5.94. The number of nitrogens with one attached hydrogen (secondary N) is 1. The first kappa shape index (κ1) is 15.4. The van der Waals surface area contributed by atoms with Gasteiger partial charge in [-0.05, 0) is 47.5 Å². The fourth-order valence-electron chi connectivity index (χ4n) is 2.08. The smallest absolute Gasteiger partial charge is 0.124 e. The first-order chi connectivity index (χ1) is 9.45. The zero-order valence-corrected chi connectivity index (χ0v) is 13.4. The van der Waals surface area contributed by atoms with E-state index in [2.05, 4.69) is 26.5 Å². The van der Waals surface area contributed by atoms with Crippen LogP contribution in [0.1, 0.15) is 37.2 Å². The van der Waals surface area contributed by atoms with Gasteiger partial charge >= 0.3 is 0 Å². The fraction of sp³-hybridized carbons (Fsp3) is 0.308. The molecule has 20 heavy (non-hydrogen) atoms. The lowest BCUT2D eigenvalue weighted by Crippen LogP contribution is -2.31. The van der Waals surface area contributed by atoms with Crippen molar-refractivity contribution < 1.29 is 4.39 Å². The van der Waals surface area contributed by atoms with Crippen molar-refractivity contribution in [3.8, 4) is 0 Å². The molecule has 0 aliphatic rings. The highest BCUT2D eigenvalue weighted by Gasteiger charge is 2.24. The summed E-state index contributed by atoms with van der Waals surface area (Å²) in [6, 6.07) is 4.02. The number of aromatic nitrogens is 2. The second kappa shape index (κ2) is 6.22. The fourth-order valence-corrected chi connectivity index (χ4v) is 2.86. The van der Waals surface area contributed by atoms with Crippen LogP contribution in [0.2, 0.25) is 5.02 Å². The van der Waals surface area contributed by atoms with Crippen LogP contribution in [0.25, 0.3) is 0 Å². The lowest BCUT2D eigenvalue weighted by Gasteiger charge is -2.21. The van der Waals surface area contributed by atoms with Gasteiger partial charge in [0.05, 0.1) is 22.4 Å². The molecule has 0 bridgehead atoms. The summed E-state index contributed by atoms with van der Waals surface area (Å²) in [5.41, 5.74) is 4.26. The molecule has 1 aromatic carbocycles. The zero-order valence-electron chi connectivity index (χ0n) is 11.1. The van der Waals surface area contributed by atoms with Crippen LogP contribution in [0.5, 0.6) is 0 Å². The Morgan fingerprint density at radius 2 is 2.15 bits per heavy atom. The Hall–Kier alpha value is -0.950. The van der Waals surface area contributed by atoms with E-state index in [-0.39, 0.29) is 17.9 Å². The van der Waals surface area contributed by atoms with Crippen molar-refractivity contribution in [2.75, 3.05) is 0 Å². The standard InChI is InChI=1S/C13H15BrClFN4/c1-7(2)20-13(10(14)6-18-20)12(19-17)9-4-3-8(16)5-11(9)15/h3-7,12,19H,17H2,1-2H3. The highest BCUT2D eigenvalue weighted by atomic mass is 79.9. The largest absolute Gasteiger partial charge is 0.271 e. The minimum Gasteiger partial charge on any atom is -0.271 e. The van der Waals surface area contributed by atoms with E-state index < -0.39 is 0 Å². The summed E-state index contributed by atoms with van der Waals surface area (Å²) in [6.45, 7) is 4.03. The van der Waals surface area contributed by atoms with Gasteiger partial charge in [0.25, 0.3) is 0 Å². The molecule has 1 atom stereocenters. The van der Waals surface area contributed by atoms with Gasteiger partial charge in [-0.15, -0.1) is 0 Å². The summed E-state index contributed by atoms with van der Waals surface area (Å²) >= 11 is 9.59. The van der Waals surface area contributed by atoms with Crippen molar-refractivity contribution in [2.24, 2.45) is 5.84 Å². The SMILES string of the molecule is CC(C)n1ncc(Br)c1C(NN)c1ccc(F)cc1Cl. The normalized spacial score (nSPS) is 12.9. The van der Waals surface area contributed by atoms with E-state index in [0.29, 0.717) is 10.6 Å². The van der Waals surface area contributed by atoms with Gasteiger partial charge in [0.2, 0.25) is 0 Å². The van der Waals surface area contributed by atoms with Crippen molar-refractivity contribution in [3.63, 3.8) is 0 Å². The molecule has 0 amide bonds. The maximum atomic E-state index is 13.2. The number of nitrogens with zero attached hydrogens (tertiary/aromatic N) is 2. The Morgan fingerprint density at radius 3 is 2.70 bits per heavy atom. The highest BCUT2D eigenvalue weighted by Crippen LogP contribution is 2.33. The number of halogens is 3. The van der Waals surface area contributed by atoms with Crippen LogP contribution < -0.4 is 11.3 Å². The second-order valence-electron chi connectivity index (χ2n) is 4.68. The van der Waals surface area contributed by atoms with Crippen molar-refractivity contribution in [1.82, 2.24) is 15.2 Å². The molecule has 0 radical (unpaired) electrons. The Labute approximate surface area is 130 Å². The van der Waals surface area contributed by atoms with Crippen LogP contribution >= 0.6 is 27.5 Å². The summed E-state index contributed by atoms with van der Waals surface area (Å²) in [4.78, 5) is 0. The van der Waals surface area contributed by atoms with Crippen LogP contribution in [0.4, 0.5) is 4.39 Å². The number of benzene rings is 1. The molecule has 0 fully saturated rings. The van der Waals surface area contributed by atoms with Gasteiger partial charge < -0.3 is 0 Å². The van der Waals surface area contributed by atoms with Gasteiger partial charge in [-0.25, -0.2) is 9.82 Å². The van der Waals surface area contributed by atoms with Crippen molar-refractivity contribution in [1.29, 1.82) is 0 Å². The summed E-state index contributed by atoms with van der Waals surface area (Å²) < 4.78 is 15.8. The van der Waals surface area contributed by atoms with Gasteiger partial charge in [0.15, 0.2) is 0 Å². The van der Waals surface area contributed by atoms with Crippen molar-refractivity contribution >= 4 is 27.5 Å². The average Bonchev–Trinajstić information content (AvgIpc) is 2.75. The number of hydrogen-bond donors (Lipinski definition) is 2. The number of hydrogen-bond acceptors (Lipinski definition) is 3. The van der Waals surface area contributed by atoms with Gasteiger partial charge in [-0.1, -0.05) is 17.7 Å². The zero-order chi connectivity index (χ0) is 14.9. The van der Waals surface area contributed by atoms with Gasteiger partial charge in [-0.3, -0.25) is 10.5 Å². The third-order valence-corrected chi connectivity index (χ3v) is 3.93. The first-order valence-electron chi connectivity index (χ1n) is 6.09. The van der Waals surface area contributed by atoms with Crippen LogP contribution in [0, 0.1) is 5.82 Å². The monoisotopic (exact) mass is 360 g/mol. The van der Waals surface area contributed by atoms with Gasteiger partial charge in [0.1, 0.15) is 5.82 Å². The summed E-state index contributed by atoms with van der Waals surface area (Å²) in [5.74, 6) is 5.29. The van der Waals surface area contributed by atoms with Crippen molar-refractivity contribution in [2.45, 2.75) is 25.9 Å². The van der Waals surface area contributed by atoms with Crippen molar-refractivity contribution in [3.05, 3.63) is 51.0 Å². The van der Waals surface area contributed by atoms with Crippen LogP contribution in [-0.2, 0) is 0 Å². The van der Waals surface area contributed by atoms with Crippen LogP contribution in [0.3, 0.4) is 0 Å². The molecule has 0 spiro atoms. The maximum absolute atomic E-state index is 13.2. The number of rotatable bonds is 4. The number of hydrazine groups is 1. The molecule has 0 aliphatic heterocycles. The Morgan fingerprint density at radius 1 is 1.45 bits per heavy atom. The van der Waals surface area contributed by atoms with E-state index in [1.165, 1.54) is 12.1 Å². The molecule has 0 saturated carbocycles. The minimum absolute atomic E-state index is 0.159. The first-order valence-corrected chi connectivity index (χ1v) is 7.26. The third-order valence-electron chi connectivity index (χ3n) is 2.99. The molecule has 0 saturated heterocycles. The van der Waals surface area contributed by atoms with Gasteiger partial charge in [0, 0.05) is 11.1 Å². The lowest BCUT2D eigenvalue weighted by molar-refractivity contribution is 0.475. The highest BCUT2D eigenvalue weighted by molar-refractivity contribution is 9.10. The van der Waals surface area contributed by atoms with E-state index >= 15 is 0 Å². The molecule has 1 aromatic heterocycles. The molecule has 1 heterocycles. The quantitative estimate of drug-likeness (QED) is 0.646. The topological polar surface area (TPSA) is 55.9 Å². The van der Waals surface area contributed by atoms with E-state index in [4.69, 9.17) is 17.4 Å². The van der Waals surface area contributed by atoms with E-state index in [9.17, 15) is 4.39 Å². The molecule has 3 N–H and O–H groups in total. The molecule has 2 rings (SSSR count). The average molecular weight is 362 g/mol. The Kier molecular flexibility index (Phi) is 4.80. The lowest BCUT2D eigenvalue weighted by atomic mass is 10.0. The molecule has 7 heteroatoms. The van der Waals surface area contributed by atoms with Crippen LogP contribution in [-0.4, -0.2) is 9.78 Å². The minimum atomic E-state index is -0.387. The molecule has 108 valence electrons. The predicted octanol–water partition coefficient (Wildman–Crippen LogP) is 3.57. The summed E-state index contributed by atoms with van der Waals surface area (Å²) in [5, 5.41) is 4.63. The molecule has 4 nitrogen and oxygen atoms in total. The summed E-state index contributed by atoms with van der Waals surface area (Å²) in [7, 11) is 0. The molecule has 0 aliphatic carbocycles. The molecular formula is C13H15BrClFN4. The Bertz CT molecular complexity index is 614. The van der Waals surface area contributed by atoms with Crippen LogP contribution in [0.15, 0.2) is 28.9 Å². The van der Waals surface area contributed by atoms with E-state index in [1.54, 1.807) is 12.3 Å². The maximum Gasteiger partial charge on any atom is 0.124 e. The number of nitrogens with two attached hydrogens (primary N) is 1. The van der Waals surface area contributed by atoms with E-state index in [1.807, 2.05) is 18.5 Å². The van der Waals surface area contributed by atoms with Gasteiger partial charge in [-0.2, -0.15) is 5.10 Å². The summed E-state index contributed by atoms with van der Waals surface area (Å²) in [6.07, 6.45) is 1.71. The van der Waals surface area contributed by atoms with E-state index in [0.717, 1.165) is 10.2 Å². The molecule has 2 aromatic rings. The predicted molar refractivity (Wildman–Crippen MR) is 80.9 cm³/mol. The molecular weight excluding hydrogens is 347 g/mol. The Balaban J connectivity index is 2.55. The third kappa shape index (κ3) is 2.88. The molecule has 1 unspecified atom stereocenters.